The smallest absolute Gasteiger partial charge is 0.462 e. The van der Waals surface area contributed by atoms with E-state index >= 15 is 0 Å². The van der Waals surface area contributed by atoms with Gasteiger partial charge in [-0.05, 0) is 69.1 Å². The summed E-state index contributed by atoms with van der Waals surface area (Å²) in [6.45, 7) is 11.6. The summed E-state index contributed by atoms with van der Waals surface area (Å²) in [5, 5.41) is 10.5. The fraction of sp³-hybridized carbons (Fsp3) is 0.879. The van der Waals surface area contributed by atoms with Gasteiger partial charge in [0.2, 0.25) is 0 Å². The average molecular weight is 1250 g/mol. The number of esters is 4. The van der Waals surface area contributed by atoms with Gasteiger partial charge in [0, 0.05) is 25.7 Å². The number of unbranched alkanes of at least 4 members (excludes halogenated alkanes) is 26. The van der Waals surface area contributed by atoms with Gasteiger partial charge in [-0.1, -0.05) is 246 Å². The van der Waals surface area contributed by atoms with E-state index in [2.05, 4.69) is 72.8 Å². The molecular weight excluding hydrogens is 1130 g/mol. The maximum absolute atomic E-state index is 13.0. The molecular formula is C66H124O17P2. The lowest BCUT2D eigenvalue weighted by molar-refractivity contribution is -0.161. The number of hydrogen-bond acceptors (Lipinski definition) is 15. The number of ether oxygens (including phenoxy) is 4. The van der Waals surface area contributed by atoms with E-state index in [4.69, 9.17) is 37.0 Å². The van der Waals surface area contributed by atoms with E-state index in [1.54, 1.807) is 0 Å². The Labute approximate surface area is 516 Å². The second-order valence-electron chi connectivity index (χ2n) is 24.4. The van der Waals surface area contributed by atoms with Crippen LogP contribution in [0.4, 0.5) is 0 Å². The molecule has 0 spiro atoms. The van der Waals surface area contributed by atoms with Crippen molar-refractivity contribution in [2.45, 2.75) is 317 Å². The first-order valence-corrected chi connectivity index (χ1v) is 36.7. The molecule has 0 aliphatic carbocycles. The minimum Gasteiger partial charge on any atom is -0.462 e. The molecule has 19 heteroatoms. The number of phosphoric ester groups is 2. The van der Waals surface area contributed by atoms with Crippen LogP contribution in [0, 0.1) is 17.8 Å². The van der Waals surface area contributed by atoms with E-state index < -0.39 is 97.5 Å². The summed E-state index contributed by atoms with van der Waals surface area (Å²) in [4.78, 5) is 72.2. The third-order valence-corrected chi connectivity index (χ3v) is 16.8. The number of aliphatic hydroxyl groups is 1. The zero-order valence-electron chi connectivity index (χ0n) is 54.5. The SMILES string of the molecule is CCCCCC/C=C\C=C/CCCCCCCC(=O)O[C@H](COC(=O)CCCCCCCCC(C)CC)COP(=O)(O)OC[C@H](O)COP(=O)(O)OC[C@@H](COC(=O)CCCCCCCCC(C)C)OC(=O)CCCCCCCCCCC(C)C. The number of aliphatic hydroxyl groups excluding tert-OH is 1. The van der Waals surface area contributed by atoms with Crippen LogP contribution in [0.2, 0.25) is 0 Å². The van der Waals surface area contributed by atoms with Crippen LogP contribution in [0.15, 0.2) is 24.3 Å². The Balaban J connectivity index is 5.28. The molecule has 0 heterocycles. The molecule has 0 amide bonds. The van der Waals surface area contributed by atoms with Crippen LogP contribution in [0.25, 0.3) is 0 Å². The minimum absolute atomic E-state index is 0.0833. The lowest BCUT2D eigenvalue weighted by Crippen LogP contribution is -2.30. The molecule has 0 saturated carbocycles. The van der Waals surface area contributed by atoms with Gasteiger partial charge >= 0.3 is 39.5 Å². The second kappa shape index (κ2) is 56.8. The van der Waals surface area contributed by atoms with Gasteiger partial charge in [-0.15, -0.1) is 0 Å². The molecule has 0 fully saturated rings. The third-order valence-electron chi connectivity index (χ3n) is 14.9. The number of hydrogen-bond donors (Lipinski definition) is 3. The maximum atomic E-state index is 13.0. The van der Waals surface area contributed by atoms with Crippen molar-refractivity contribution in [1.29, 1.82) is 0 Å². The predicted molar refractivity (Wildman–Crippen MR) is 340 cm³/mol. The van der Waals surface area contributed by atoms with Gasteiger partial charge in [0.1, 0.15) is 19.3 Å². The highest BCUT2D eigenvalue weighted by Crippen LogP contribution is 2.45. The van der Waals surface area contributed by atoms with Gasteiger partial charge in [-0.2, -0.15) is 0 Å². The Hall–Kier alpha value is -2.46. The van der Waals surface area contributed by atoms with Crippen molar-refractivity contribution in [3.05, 3.63) is 24.3 Å². The van der Waals surface area contributed by atoms with E-state index in [-0.39, 0.29) is 25.7 Å². The first kappa shape index (κ1) is 82.5. The van der Waals surface area contributed by atoms with Gasteiger partial charge in [0.15, 0.2) is 12.2 Å². The molecule has 0 aliphatic heterocycles. The van der Waals surface area contributed by atoms with Gasteiger partial charge in [-0.25, -0.2) is 9.13 Å². The molecule has 0 bridgehead atoms. The van der Waals surface area contributed by atoms with E-state index in [0.717, 1.165) is 121 Å². The van der Waals surface area contributed by atoms with Crippen LogP contribution in [0.5, 0.6) is 0 Å². The number of phosphoric acid groups is 2. The second-order valence-corrected chi connectivity index (χ2v) is 27.3. The summed E-state index contributed by atoms with van der Waals surface area (Å²) < 4.78 is 68.0. The minimum atomic E-state index is -4.96. The van der Waals surface area contributed by atoms with Crippen molar-refractivity contribution in [3.8, 4) is 0 Å². The number of rotatable bonds is 62. The van der Waals surface area contributed by atoms with Crippen molar-refractivity contribution in [3.63, 3.8) is 0 Å². The molecule has 0 aromatic heterocycles. The molecule has 0 aromatic rings. The van der Waals surface area contributed by atoms with E-state index in [1.165, 1.54) is 83.5 Å². The Morgan fingerprint density at radius 2 is 0.694 bits per heavy atom. The highest BCUT2D eigenvalue weighted by molar-refractivity contribution is 7.47. The quantitative estimate of drug-likeness (QED) is 0.0169. The molecule has 0 saturated heterocycles. The molecule has 500 valence electrons. The first-order chi connectivity index (χ1) is 40.8. The summed E-state index contributed by atoms with van der Waals surface area (Å²) >= 11 is 0. The summed E-state index contributed by atoms with van der Waals surface area (Å²) in [7, 11) is -9.90. The van der Waals surface area contributed by atoms with Crippen LogP contribution >= 0.6 is 15.6 Å². The maximum Gasteiger partial charge on any atom is 0.472 e. The monoisotopic (exact) mass is 1250 g/mol. The van der Waals surface area contributed by atoms with E-state index in [0.29, 0.717) is 37.5 Å². The third kappa shape index (κ3) is 59.0. The van der Waals surface area contributed by atoms with Crippen LogP contribution in [0.1, 0.15) is 299 Å². The molecule has 0 radical (unpaired) electrons. The summed E-state index contributed by atoms with van der Waals surface area (Å²) in [6.07, 6.45) is 41.4. The predicted octanol–water partition coefficient (Wildman–Crippen LogP) is 17.8. The van der Waals surface area contributed by atoms with Crippen molar-refractivity contribution in [2.24, 2.45) is 17.8 Å². The fourth-order valence-electron chi connectivity index (χ4n) is 9.26. The van der Waals surface area contributed by atoms with Gasteiger partial charge in [0.25, 0.3) is 0 Å². The van der Waals surface area contributed by atoms with Crippen LogP contribution < -0.4 is 0 Å². The average Bonchev–Trinajstić information content (AvgIpc) is 3.57. The highest BCUT2D eigenvalue weighted by Gasteiger charge is 2.30. The van der Waals surface area contributed by atoms with Crippen LogP contribution in [-0.2, 0) is 65.4 Å². The van der Waals surface area contributed by atoms with Crippen LogP contribution in [0.3, 0.4) is 0 Å². The van der Waals surface area contributed by atoms with Crippen molar-refractivity contribution < 1.29 is 80.2 Å². The zero-order chi connectivity index (χ0) is 63.1. The molecule has 17 nitrogen and oxygen atoms in total. The molecule has 85 heavy (non-hydrogen) atoms. The normalized spacial score (nSPS) is 14.8. The van der Waals surface area contributed by atoms with Crippen LogP contribution in [-0.4, -0.2) is 96.7 Å². The van der Waals surface area contributed by atoms with Crippen molar-refractivity contribution in [1.82, 2.24) is 0 Å². The van der Waals surface area contributed by atoms with E-state index in [1.807, 2.05) is 0 Å². The molecule has 6 atom stereocenters. The van der Waals surface area contributed by atoms with Gasteiger partial charge in [-0.3, -0.25) is 37.3 Å². The zero-order valence-corrected chi connectivity index (χ0v) is 56.3. The molecule has 0 rings (SSSR count). The summed E-state index contributed by atoms with van der Waals surface area (Å²) in [5.41, 5.74) is 0. The number of allylic oxidation sites excluding steroid dienone is 4. The fourth-order valence-corrected chi connectivity index (χ4v) is 10.8. The highest BCUT2D eigenvalue weighted by atomic mass is 31.2. The van der Waals surface area contributed by atoms with Gasteiger partial charge < -0.3 is 33.8 Å². The van der Waals surface area contributed by atoms with E-state index in [9.17, 15) is 43.2 Å². The summed E-state index contributed by atoms with van der Waals surface area (Å²) in [6, 6.07) is 0. The lowest BCUT2D eigenvalue weighted by Gasteiger charge is -2.21. The first-order valence-electron chi connectivity index (χ1n) is 33.7. The molecule has 0 aromatic carbocycles. The Kier molecular flexibility index (Phi) is 55.1. The Bertz CT molecular complexity index is 1780. The number of carbonyl (C=O) groups excluding carboxylic acids is 4. The Morgan fingerprint density at radius 1 is 0.388 bits per heavy atom. The standard InChI is InChI=1S/C66H124O17P2/c1-8-10-11-12-13-14-15-16-17-18-19-20-24-35-42-49-65(70)82-62(54-77-64(69)48-41-34-29-27-32-39-46-59(7)9-2)56-81-85(74,75)79-52-60(67)51-78-84(72,73)80-55-61(53-76-63(68)47-40-33-28-26-31-38-45-58(5)6)83-66(71)50-43-36-25-22-21-23-30-37-44-57(3)4/h14-17,57-62,67H,8-13,18-56H2,1-7H3,(H,72,73)(H,74,75)/b15-14-,17-16-/t59?,60-,61-,62-/m1/s1. The molecule has 0 aliphatic rings. The summed E-state index contributed by atoms with van der Waals surface area (Å²) in [5.74, 6) is -0.0464. The molecule has 3 unspecified atom stereocenters. The molecule has 3 N–H and O–H groups in total. The van der Waals surface area contributed by atoms with Crippen molar-refractivity contribution in [2.75, 3.05) is 39.6 Å². The van der Waals surface area contributed by atoms with Gasteiger partial charge in [0.05, 0.1) is 26.4 Å². The lowest BCUT2D eigenvalue weighted by atomic mass is 10.00. The number of carbonyl (C=O) groups is 4. The largest absolute Gasteiger partial charge is 0.472 e. The topological polar surface area (TPSA) is 237 Å². The van der Waals surface area contributed by atoms with Crippen molar-refractivity contribution >= 4 is 39.5 Å². The Morgan fingerprint density at radius 3 is 1.05 bits per heavy atom.